The predicted molar refractivity (Wildman–Crippen MR) is 125 cm³/mol. The Balaban J connectivity index is 1.71. The van der Waals surface area contributed by atoms with Crippen LogP contribution in [0.1, 0.15) is 36.5 Å². The Morgan fingerprint density at radius 1 is 1.08 bits per heavy atom. The molecule has 0 saturated carbocycles. The van der Waals surface area contributed by atoms with Gasteiger partial charge in [0.05, 0.1) is 17.6 Å². The van der Waals surface area contributed by atoms with Crippen LogP contribution in [0.15, 0.2) is 55.4 Å². The number of halogens is 4. The highest BCUT2D eigenvalue weighted by molar-refractivity contribution is 6.03. The number of rotatable bonds is 5. The second kappa shape index (κ2) is 8.98. The number of hydrogen-bond donors (Lipinski definition) is 1. The number of anilines is 1. The molecule has 0 unspecified atom stereocenters. The van der Waals surface area contributed by atoms with Crippen molar-refractivity contribution in [2.45, 2.75) is 25.6 Å². The minimum absolute atomic E-state index is 0.0343. The molecule has 186 valence electrons. The lowest BCUT2D eigenvalue weighted by Gasteiger charge is -2.18. The fraction of sp³-hybridized carbons (Fsp3) is 0.167. The Morgan fingerprint density at radius 2 is 1.81 bits per heavy atom. The van der Waals surface area contributed by atoms with Crippen LogP contribution in [0, 0.1) is 17.1 Å². The summed E-state index contributed by atoms with van der Waals surface area (Å²) in [6, 6.07) is 7.78. The monoisotopic (exact) mass is 507 g/mol. The highest BCUT2D eigenvalue weighted by atomic mass is 19.4. The van der Waals surface area contributed by atoms with Crippen molar-refractivity contribution >= 4 is 16.9 Å². The van der Waals surface area contributed by atoms with Crippen LogP contribution in [0.3, 0.4) is 0 Å². The fourth-order valence-corrected chi connectivity index (χ4v) is 4.30. The minimum Gasteiger partial charge on any atom is -0.383 e. The van der Waals surface area contributed by atoms with Gasteiger partial charge in [-0.2, -0.15) is 23.5 Å². The number of hydrogen-bond acceptors (Lipinski definition) is 7. The Morgan fingerprint density at radius 3 is 2.46 bits per heavy atom. The standard InChI is InChI=1S/C24H17F4N9/c1-2-16(14-10-35-36(11-14)17-6-4-3-5-15(17)25)37-18(7-29)19(20-21(30)33-12-34-22(20)37)13-8-31-23(32-9-13)24(26,27)28/h3-6,8-12,16H,2H2,1H3,(H2,30,33,34)/t16-/m1/s1. The molecule has 0 fully saturated rings. The number of aromatic nitrogens is 7. The number of benzene rings is 1. The van der Waals surface area contributed by atoms with Gasteiger partial charge >= 0.3 is 6.18 Å². The highest BCUT2D eigenvalue weighted by Crippen LogP contribution is 2.40. The van der Waals surface area contributed by atoms with Gasteiger partial charge < -0.3 is 10.3 Å². The zero-order valence-electron chi connectivity index (χ0n) is 19.1. The van der Waals surface area contributed by atoms with Crippen LogP contribution in [0.2, 0.25) is 0 Å². The molecule has 4 heterocycles. The van der Waals surface area contributed by atoms with Gasteiger partial charge in [-0.05, 0) is 18.6 Å². The van der Waals surface area contributed by atoms with Crippen molar-refractivity contribution in [3.63, 3.8) is 0 Å². The molecule has 5 aromatic rings. The molecular formula is C24H17F4N9. The van der Waals surface area contributed by atoms with E-state index in [9.17, 15) is 22.8 Å². The van der Waals surface area contributed by atoms with Crippen LogP contribution < -0.4 is 5.73 Å². The summed E-state index contributed by atoms with van der Waals surface area (Å²) in [6.45, 7) is 1.88. The molecule has 0 spiro atoms. The zero-order chi connectivity index (χ0) is 26.3. The van der Waals surface area contributed by atoms with Crippen molar-refractivity contribution in [1.29, 1.82) is 5.26 Å². The number of alkyl halides is 3. The van der Waals surface area contributed by atoms with Gasteiger partial charge in [0.2, 0.25) is 5.82 Å². The van der Waals surface area contributed by atoms with Gasteiger partial charge in [-0.1, -0.05) is 19.1 Å². The molecule has 0 radical (unpaired) electrons. The SMILES string of the molecule is CC[C@H](c1cnn(-c2ccccc2F)c1)n1c(C#N)c(-c2cnc(C(F)(F)F)nc2)c2c(N)ncnc21. The number of fused-ring (bicyclic) bond motifs is 1. The van der Waals surface area contributed by atoms with E-state index >= 15 is 0 Å². The average Bonchev–Trinajstić information content (AvgIpc) is 3.49. The van der Waals surface area contributed by atoms with Gasteiger partial charge in [-0.15, -0.1) is 0 Å². The molecule has 2 N–H and O–H groups in total. The van der Waals surface area contributed by atoms with Crippen LogP contribution in [0.4, 0.5) is 23.4 Å². The molecule has 5 rings (SSSR count). The summed E-state index contributed by atoms with van der Waals surface area (Å²) in [4.78, 5) is 15.2. The quantitative estimate of drug-likeness (QED) is 0.342. The maximum absolute atomic E-state index is 14.3. The molecule has 0 amide bonds. The van der Waals surface area contributed by atoms with Gasteiger partial charge in [0.1, 0.15) is 41.1 Å². The lowest BCUT2D eigenvalue weighted by Crippen LogP contribution is -2.12. The maximum atomic E-state index is 14.3. The number of nitriles is 1. The van der Waals surface area contributed by atoms with E-state index in [1.165, 1.54) is 17.1 Å². The van der Waals surface area contributed by atoms with Gasteiger partial charge in [-0.3, -0.25) is 0 Å². The third-order valence-corrected chi connectivity index (χ3v) is 5.90. The first-order valence-electron chi connectivity index (χ1n) is 11.0. The zero-order valence-corrected chi connectivity index (χ0v) is 19.1. The number of nitrogen functional groups attached to an aromatic ring is 1. The summed E-state index contributed by atoms with van der Waals surface area (Å²) < 4.78 is 56.4. The molecule has 4 aromatic heterocycles. The Bertz CT molecular complexity index is 1650. The largest absolute Gasteiger partial charge is 0.451 e. The summed E-state index contributed by atoms with van der Waals surface area (Å²) in [6.07, 6.45) is 2.15. The number of nitrogens with zero attached hydrogens (tertiary/aromatic N) is 8. The number of nitrogens with two attached hydrogens (primary N) is 1. The van der Waals surface area contributed by atoms with Gasteiger partial charge in [0, 0.05) is 35.3 Å². The molecule has 0 bridgehead atoms. The van der Waals surface area contributed by atoms with Gasteiger partial charge in [0.25, 0.3) is 0 Å². The number of para-hydroxylation sites is 1. The Kier molecular flexibility index (Phi) is 5.79. The molecule has 1 atom stereocenters. The van der Waals surface area contributed by atoms with E-state index in [1.54, 1.807) is 35.2 Å². The summed E-state index contributed by atoms with van der Waals surface area (Å²) in [5, 5.41) is 14.8. The molecule has 9 nitrogen and oxygen atoms in total. The highest BCUT2D eigenvalue weighted by Gasteiger charge is 2.35. The van der Waals surface area contributed by atoms with Crippen molar-refractivity contribution in [2.24, 2.45) is 0 Å². The van der Waals surface area contributed by atoms with Crippen LogP contribution in [0.25, 0.3) is 27.8 Å². The second-order valence-electron chi connectivity index (χ2n) is 8.05. The molecule has 0 aliphatic carbocycles. The third-order valence-electron chi connectivity index (χ3n) is 5.90. The van der Waals surface area contributed by atoms with E-state index in [0.717, 1.165) is 12.4 Å². The van der Waals surface area contributed by atoms with Crippen LogP contribution in [-0.2, 0) is 6.18 Å². The van der Waals surface area contributed by atoms with Crippen molar-refractivity contribution in [1.82, 2.24) is 34.3 Å². The third kappa shape index (κ3) is 4.02. The molecule has 13 heteroatoms. The average molecular weight is 507 g/mol. The van der Waals surface area contributed by atoms with Crippen LogP contribution in [-0.4, -0.2) is 34.3 Å². The summed E-state index contributed by atoms with van der Waals surface area (Å²) in [7, 11) is 0. The molecule has 37 heavy (non-hydrogen) atoms. The Labute approximate surface area is 206 Å². The van der Waals surface area contributed by atoms with Crippen molar-refractivity contribution in [2.75, 3.05) is 5.73 Å². The summed E-state index contributed by atoms with van der Waals surface area (Å²) in [5.41, 5.74) is 7.78. The van der Waals surface area contributed by atoms with E-state index in [2.05, 4.69) is 31.1 Å². The Hall–Kier alpha value is -4.86. The van der Waals surface area contributed by atoms with Gasteiger partial charge in [-0.25, -0.2) is 29.0 Å². The van der Waals surface area contributed by atoms with E-state index in [0.29, 0.717) is 17.6 Å². The molecule has 0 aliphatic heterocycles. The fourth-order valence-electron chi connectivity index (χ4n) is 4.30. The summed E-state index contributed by atoms with van der Waals surface area (Å²) >= 11 is 0. The van der Waals surface area contributed by atoms with E-state index in [-0.39, 0.29) is 33.7 Å². The van der Waals surface area contributed by atoms with Crippen molar-refractivity contribution in [3.05, 3.63) is 78.3 Å². The first-order valence-corrected chi connectivity index (χ1v) is 11.0. The van der Waals surface area contributed by atoms with Crippen molar-refractivity contribution in [3.8, 4) is 22.9 Å². The van der Waals surface area contributed by atoms with Crippen LogP contribution >= 0.6 is 0 Å². The molecular weight excluding hydrogens is 490 g/mol. The smallest absolute Gasteiger partial charge is 0.383 e. The first-order chi connectivity index (χ1) is 17.7. The lowest BCUT2D eigenvalue weighted by atomic mass is 10.1. The maximum Gasteiger partial charge on any atom is 0.451 e. The van der Waals surface area contributed by atoms with Crippen molar-refractivity contribution < 1.29 is 17.6 Å². The molecule has 0 aliphatic rings. The topological polar surface area (TPSA) is 124 Å². The second-order valence-corrected chi connectivity index (χ2v) is 8.05. The molecule has 0 saturated heterocycles. The van der Waals surface area contributed by atoms with Crippen LogP contribution in [0.5, 0.6) is 0 Å². The van der Waals surface area contributed by atoms with E-state index in [1.807, 2.05) is 6.92 Å². The van der Waals surface area contributed by atoms with E-state index in [4.69, 9.17) is 5.73 Å². The summed E-state index contributed by atoms with van der Waals surface area (Å²) in [5.74, 6) is -1.74. The molecule has 1 aromatic carbocycles. The minimum atomic E-state index is -4.72. The predicted octanol–water partition coefficient (Wildman–Crippen LogP) is 4.69. The van der Waals surface area contributed by atoms with E-state index < -0.39 is 23.9 Å². The van der Waals surface area contributed by atoms with Gasteiger partial charge in [0.15, 0.2) is 0 Å². The normalized spacial score (nSPS) is 12.5. The first kappa shape index (κ1) is 23.9. The lowest BCUT2D eigenvalue weighted by molar-refractivity contribution is -0.144.